The Labute approximate surface area is 209 Å². The summed E-state index contributed by atoms with van der Waals surface area (Å²) in [6.07, 6.45) is 2.52. The zero-order valence-corrected chi connectivity index (χ0v) is 21.3. The van der Waals surface area contributed by atoms with E-state index in [0.717, 1.165) is 10.9 Å². The van der Waals surface area contributed by atoms with Crippen LogP contribution in [0.15, 0.2) is 60.3 Å². The molecule has 2 aromatic carbocycles. The van der Waals surface area contributed by atoms with E-state index in [1.165, 1.54) is 11.1 Å². The molecule has 0 bridgehead atoms. The van der Waals surface area contributed by atoms with Crippen LogP contribution in [-0.4, -0.2) is 20.7 Å². The number of benzene rings is 2. The van der Waals surface area contributed by atoms with Crippen molar-refractivity contribution >= 4 is 40.9 Å². The predicted molar refractivity (Wildman–Crippen MR) is 137 cm³/mol. The Hall–Kier alpha value is -2.28. The monoisotopic (exact) mass is 502 g/mol. The molecule has 1 atom stereocenters. The van der Waals surface area contributed by atoms with Crippen LogP contribution in [0.25, 0.3) is 0 Å². The van der Waals surface area contributed by atoms with Crippen molar-refractivity contribution in [1.82, 2.24) is 20.1 Å². The van der Waals surface area contributed by atoms with Gasteiger partial charge in [0, 0.05) is 17.3 Å². The van der Waals surface area contributed by atoms with Gasteiger partial charge in [-0.15, -0.1) is 16.8 Å². The van der Waals surface area contributed by atoms with Crippen LogP contribution in [0.3, 0.4) is 0 Å². The van der Waals surface area contributed by atoms with Crippen molar-refractivity contribution in [2.24, 2.45) is 5.92 Å². The highest BCUT2D eigenvalue weighted by molar-refractivity contribution is 7.98. The second-order valence-electron chi connectivity index (χ2n) is 8.29. The number of aryl methyl sites for hydroxylation is 1. The normalized spacial score (nSPS) is 12.1. The van der Waals surface area contributed by atoms with Crippen LogP contribution < -0.4 is 5.32 Å². The van der Waals surface area contributed by atoms with Gasteiger partial charge in [-0.05, 0) is 43.0 Å². The Kier molecular flexibility index (Phi) is 9.01. The number of nitrogens with one attached hydrogen (secondary N) is 1. The first-order valence-corrected chi connectivity index (χ1v) is 12.5. The van der Waals surface area contributed by atoms with E-state index in [-0.39, 0.29) is 11.9 Å². The number of rotatable bonds is 10. The Balaban J connectivity index is 1.85. The largest absolute Gasteiger partial charge is 0.342 e. The van der Waals surface area contributed by atoms with Crippen molar-refractivity contribution < 1.29 is 4.79 Å². The maximum absolute atomic E-state index is 13.0. The summed E-state index contributed by atoms with van der Waals surface area (Å²) in [4.78, 5) is 13.0. The molecule has 1 aromatic heterocycles. The van der Waals surface area contributed by atoms with Gasteiger partial charge in [0.15, 0.2) is 11.0 Å². The van der Waals surface area contributed by atoms with E-state index in [9.17, 15) is 4.79 Å². The summed E-state index contributed by atoms with van der Waals surface area (Å²) in [5.74, 6) is 1.53. The molecule has 1 heterocycles. The van der Waals surface area contributed by atoms with Gasteiger partial charge in [-0.1, -0.05) is 84.7 Å². The standard InChI is InChI=1S/C25H28Cl2N4OS/c1-5-12-31-23(29-30-25(31)33-15-18-8-6-17(4)7-9-18)22(13-16(2)3)28-24(32)20-11-10-19(26)14-21(20)27/h5-11,14,16,22H,1,12-13,15H2,2-4H3,(H,28,32)/t22-/m0/s1. The van der Waals surface area contributed by atoms with Gasteiger partial charge in [-0.25, -0.2) is 0 Å². The first-order valence-electron chi connectivity index (χ1n) is 10.8. The number of hydrogen-bond donors (Lipinski definition) is 1. The number of thioether (sulfide) groups is 1. The number of allylic oxidation sites excluding steroid dienone is 1. The average Bonchev–Trinajstić information content (AvgIpc) is 3.15. The zero-order valence-electron chi connectivity index (χ0n) is 19.0. The molecular weight excluding hydrogens is 475 g/mol. The van der Waals surface area contributed by atoms with Gasteiger partial charge >= 0.3 is 0 Å². The van der Waals surface area contributed by atoms with Gasteiger partial charge in [0.05, 0.1) is 16.6 Å². The molecule has 0 spiro atoms. The summed E-state index contributed by atoms with van der Waals surface area (Å²) >= 11 is 13.9. The SMILES string of the molecule is C=CCn1c(SCc2ccc(C)cc2)nnc1[C@H](CC(C)C)NC(=O)c1ccc(Cl)cc1Cl. The smallest absolute Gasteiger partial charge is 0.253 e. The molecule has 5 nitrogen and oxygen atoms in total. The maximum Gasteiger partial charge on any atom is 0.253 e. The van der Waals surface area contributed by atoms with Crippen LogP contribution in [0.2, 0.25) is 10.0 Å². The van der Waals surface area contributed by atoms with Crippen molar-refractivity contribution in [1.29, 1.82) is 0 Å². The molecule has 0 aliphatic carbocycles. The first-order chi connectivity index (χ1) is 15.8. The summed E-state index contributed by atoms with van der Waals surface area (Å²) in [5, 5.41) is 13.6. The van der Waals surface area contributed by atoms with Gasteiger partial charge in [-0.3, -0.25) is 4.79 Å². The van der Waals surface area contributed by atoms with Crippen molar-refractivity contribution in [3.05, 3.63) is 87.7 Å². The molecule has 1 amide bonds. The maximum atomic E-state index is 13.0. The molecule has 174 valence electrons. The Morgan fingerprint density at radius 2 is 1.91 bits per heavy atom. The van der Waals surface area contributed by atoms with Crippen LogP contribution in [0.5, 0.6) is 0 Å². The van der Waals surface area contributed by atoms with Crippen LogP contribution in [-0.2, 0) is 12.3 Å². The lowest BCUT2D eigenvalue weighted by atomic mass is 10.0. The summed E-state index contributed by atoms with van der Waals surface area (Å²) in [6.45, 7) is 10.7. The summed E-state index contributed by atoms with van der Waals surface area (Å²) in [6, 6.07) is 13.0. The molecule has 0 unspecified atom stereocenters. The van der Waals surface area contributed by atoms with Crippen molar-refractivity contribution in [2.45, 2.75) is 50.7 Å². The number of halogens is 2. The van der Waals surface area contributed by atoms with E-state index < -0.39 is 0 Å². The third-order valence-electron chi connectivity index (χ3n) is 5.05. The van der Waals surface area contributed by atoms with E-state index in [0.29, 0.717) is 40.3 Å². The highest BCUT2D eigenvalue weighted by Crippen LogP contribution is 2.28. The molecule has 8 heteroatoms. The third kappa shape index (κ3) is 6.85. The molecule has 0 aliphatic heterocycles. The summed E-state index contributed by atoms with van der Waals surface area (Å²) < 4.78 is 2.02. The number of carbonyl (C=O) groups is 1. The molecule has 3 rings (SSSR count). The summed E-state index contributed by atoms with van der Waals surface area (Å²) in [5.41, 5.74) is 2.82. The fraction of sp³-hybridized carbons (Fsp3) is 0.320. The van der Waals surface area contributed by atoms with Crippen molar-refractivity contribution in [3.8, 4) is 0 Å². The lowest BCUT2D eigenvalue weighted by Crippen LogP contribution is -2.32. The van der Waals surface area contributed by atoms with E-state index in [1.54, 1.807) is 30.0 Å². The van der Waals surface area contributed by atoms with Crippen LogP contribution >= 0.6 is 35.0 Å². The average molecular weight is 503 g/mol. The van der Waals surface area contributed by atoms with Gasteiger partial charge in [0.25, 0.3) is 5.91 Å². The van der Waals surface area contributed by atoms with E-state index in [1.807, 2.05) is 10.6 Å². The lowest BCUT2D eigenvalue weighted by Gasteiger charge is -2.21. The minimum atomic E-state index is -0.328. The van der Waals surface area contributed by atoms with Crippen molar-refractivity contribution in [3.63, 3.8) is 0 Å². The molecular formula is C25H28Cl2N4OS. The molecule has 0 aliphatic rings. The van der Waals surface area contributed by atoms with E-state index in [4.69, 9.17) is 23.2 Å². The second kappa shape index (κ2) is 11.7. The van der Waals surface area contributed by atoms with Gasteiger partial charge in [-0.2, -0.15) is 0 Å². The van der Waals surface area contributed by atoms with E-state index in [2.05, 4.69) is 67.1 Å². The molecule has 1 N–H and O–H groups in total. The Bertz CT molecular complexity index is 1110. The van der Waals surface area contributed by atoms with Gasteiger partial charge in [0.1, 0.15) is 0 Å². The second-order valence-corrected chi connectivity index (χ2v) is 10.1. The minimum absolute atomic E-state index is 0.274. The quantitative estimate of drug-likeness (QED) is 0.242. The number of hydrogen-bond acceptors (Lipinski definition) is 4. The molecule has 0 radical (unpaired) electrons. The predicted octanol–water partition coefficient (Wildman–Crippen LogP) is 6.89. The molecule has 3 aromatic rings. The van der Waals surface area contributed by atoms with Crippen LogP contribution in [0.4, 0.5) is 0 Å². The number of amides is 1. The molecule has 33 heavy (non-hydrogen) atoms. The number of nitrogens with zero attached hydrogens (tertiary/aromatic N) is 3. The third-order valence-corrected chi connectivity index (χ3v) is 6.63. The first kappa shape index (κ1) is 25.3. The molecule has 0 saturated carbocycles. The lowest BCUT2D eigenvalue weighted by molar-refractivity contribution is 0.0929. The highest BCUT2D eigenvalue weighted by Gasteiger charge is 2.25. The number of carbonyl (C=O) groups excluding carboxylic acids is 1. The van der Waals surface area contributed by atoms with Gasteiger partial charge < -0.3 is 9.88 Å². The van der Waals surface area contributed by atoms with Crippen LogP contribution in [0, 0.1) is 12.8 Å². The Morgan fingerprint density at radius 3 is 2.55 bits per heavy atom. The number of aromatic nitrogens is 3. The fourth-order valence-electron chi connectivity index (χ4n) is 3.41. The van der Waals surface area contributed by atoms with E-state index >= 15 is 0 Å². The Morgan fingerprint density at radius 1 is 1.18 bits per heavy atom. The van der Waals surface area contributed by atoms with Crippen molar-refractivity contribution in [2.75, 3.05) is 0 Å². The topological polar surface area (TPSA) is 59.8 Å². The van der Waals surface area contributed by atoms with Crippen LogP contribution in [0.1, 0.15) is 53.6 Å². The summed E-state index contributed by atoms with van der Waals surface area (Å²) in [7, 11) is 0. The van der Waals surface area contributed by atoms with Gasteiger partial charge in [0.2, 0.25) is 0 Å². The molecule has 0 saturated heterocycles. The highest BCUT2D eigenvalue weighted by atomic mass is 35.5. The minimum Gasteiger partial charge on any atom is -0.342 e. The molecule has 0 fully saturated rings. The fourth-order valence-corrected chi connectivity index (χ4v) is 4.81. The zero-order chi connectivity index (χ0) is 24.0.